The third kappa shape index (κ3) is 4.60. The van der Waals surface area contributed by atoms with Crippen molar-refractivity contribution in [2.24, 2.45) is 0 Å². The highest BCUT2D eigenvalue weighted by Gasteiger charge is 2.18. The number of furan rings is 1. The Hall–Kier alpha value is -1.82. The number of carbonyl (C=O) groups excluding carboxylic acids is 1. The summed E-state index contributed by atoms with van der Waals surface area (Å²) in [5, 5.41) is 11.2. The van der Waals surface area contributed by atoms with Crippen LogP contribution >= 0.6 is 0 Å². The predicted molar refractivity (Wildman–Crippen MR) is 77.0 cm³/mol. The second kappa shape index (κ2) is 7.26. The number of carboxylic acids is 1. The smallest absolute Gasteiger partial charge is 0.325 e. The standard InChI is InChI=1S/C15H22N2O4/c1-11(15(19)20)16-14(18)13-7-6-12(21-13)10-17-8-4-2-3-5-9-17/h6-7,11H,2-5,8-10H2,1H3,(H,16,18)(H,19,20). The molecular formula is C15H22N2O4. The van der Waals surface area contributed by atoms with Gasteiger partial charge in [0.05, 0.1) is 6.54 Å². The molecule has 21 heavy (non-hydrogen) atoms. The normalized spacial score (nSPS) is 18.0. The van der Waals surface area contributed by atoms with E-state index in [1.807, 2.05) is 0 Å². The lowest BCUT2D eigenvalue weighted by Gasteiger charge is -2.17. The number of aliphatic carboxylic acids is 1. The highest BCUT2D eigenvalue weighted by molar-refractivity contribution is 5.94. The van der Waals surface area contributed by atoms with Crippen LogP contribution in [0.4, 0.5) is 0 Å². The molecule has 1 aromatic rings. The van der Waals surface area contributed by atoms with E-state index in [0.717, 1.165) is 18.8 Å². The molecule has 1 unspecified atom stereocenters. The average Bonchev–Trinajstić information content (AvgIpc) is 2.75. The summed E-state index contributed by atoms with van der Waals surface area (Å²) in [6.07, 6.45) is 4.94. The van der Waals surface area contributed by atoms with Gasteiger partial charge in [0.1, 0.15) is 11.8 Å². The van der Waals surface area contributed by atoms with E-state index in [2.05, 4.69) is 10.2 Å². The van der Waals surface area contributed by atoms with Crippen molar-refractivity contribution in [1.29, 1.82) is 0 Å². The van der Waals surface area contributed by atoms with E-state index in [9.17, 15) is 9.59 Å². The number of nitrogens with one attached hydrogen (secondary N) is 1. The van der Waals surface area contributed by atoms with E-state index < -0.39 is 17.9 Å². The maximum absolute atomic E-state index is 11.8. The summed E-state index contributed by atoms with van der Waals surface area (Å²) in [6.45, 7) is 4.22. The molecule has 2 N–H and O–H groups in total. The van der Waals surface area contributed by atoms with E-state index in [-0.39, 0.29) is 5.76 Å². The summed E-state index contributed by atoms with van der Waals surface area (Å²) in [4.78, 5) is 24.9. The first-order valence-electron chi connectivity index (χ1n) is 7.41. The zero-order valence-corrected chi connectivity index (χ0v) is 12.3. The van der Waals surface area contributed by atoms with E-state index in [1.54, 1.807) is 12.1 Å². The molecule has 1 aliphatic rings. The van der Waals surface area contributed by atoms with Gasteiger partial charge in [0.15, 0.2) is 5.76 Å². The van der Waals surface area contributed by atoms with Crippen LogP contribution in [0.2, 0.25) is 0 Å². The fourth-order valence-electron chi connectivity index (χ4n) is 2.43. The second-order valence-electron chi connectivity index (χ2n) is 5.49. The number of likely N-dealkylation sites (tertiary alicyclic amines) is 1. The number of carboxylic acid groups (broad SMARTS) is 1. The molecule has 2 rings (SSSR count). The molecule has 1 atom stereocenters. The van der Waals surface area contributed by atoms with Crippen LogP contribution in [0, 0.1) is 0 Å². The van der Waals surface area contributed by atoms with Crippen LogP contribution < -0.4 is 5.32 Å². The van der Waals surface area contributed by atoms with Gasteiger partial charge >= 0.3 is 5.97 Å². The van der Waals surface area contributed by atoms with Crippen molar-refractivity contribution in [3.63, 3.8) is 0 Å². The van der Waals surface area contributed by atoms with Crippen molar-refractivity contribution in [3.8, 4) is 0 Å². The summed E-state index contributed by atoms with van der Waals surface area (Å²) in [6, 6.07) is 2.44. The molecule has 6 heteroatoms. The molecule has 0 spiro atoms. The van der Waals surface area contributed by atoms with Crippen LogP contribution in [0.1, 0.15) is 48.9 Å². The Labute approximate surface area is 124 Å². The van der Waals surface area contributed by atoms with Crippen molar-refractivity contribution in [2.75, 3.05) is 13.1 Å². The summed E-state index contributed by atoms with van der Waals surface area (Å²) in [7, 11) is 0. The predicted octanol–water partition coefficient (Wildman–Crippen LogP) is 1.86. The number of hydrogen-bond acceptors (Lipinski definition) is 4. The van der Waals surface area contributed by atoms with Gasteiger partial charge in [0, 0.05) is 0 Å². The van der Waals surface area contributed by atoms with Crippen LogP contribution in [0.5, 0.6) is 0 Å². The Morgan fingerprint density at radius 1 is 1.29 bits per heavy atom. The minimum absolute atomic E-state index is 0.160. The van der Waals surface area contributed by atoms with E-state index in [0.29, 0.717) is 6.54 Å². The molecule has 0 aliphatic carbocycles. The molecule has 1 aliphatic heterocycles. The maximum atomic E-state index is 11.8. The first kappa shape index (κ1) is 15.6. The van der Waals surface area contributed by atoms with Crippen LogP contribution in [0.25, 0.3) is 0 Å². The highest BCUT2D eigenvalue weighted by Crippen LogP contribution is 2.15. The number of carbonyl (C=O) groups is 2. The van der Waals surface area contributed by atoms with Crippen LogP contribution in [0.3, 0.4) is 0 Å². The summed E-state index contributed by atoms with van der Waals surface area (Å²) in [5.41, 5.74) is 0. The van der Waals surface area contributed by atoms with Gasteiger partial charge in [-0.15, -0.1) is 0 Å². The number of amides is 1. The Morgan fingerprint density at radius 2 is 1.95 bits per heavy atom. The Balaban J connectivity index is 1.91. The van der Waals surface area contributed by atoms with Crippen molar-refractivity contribution in [3.05, 3.63) is 23.7 Å². The van der Waals surface area contributed by atoms with Crippen LogP contribution in [-0.2, 0) is 11.3 Å². The molecule has 116 valence electrons. The van der Waals surface area contributed by atoms with Crippen molar-refractivity contribution in [1.82, 2.24) is 10.2 Å². The lowest BCUT2D eigenvalue weighted by atomic mass is 10.2. The molecule has 1 aromatic heterocycles. The number of rotatable bonds is 5. The molecule has 0 bridgehead atoms. The van der Waals surface area contributed by atoms with Crippen LogP contribution in [0.15, 0.2) is 16.5 Å². The second-order valence-corrected chi connectivity index (χ2v) is 5.49. The molecule has 1 amide bonds. The average molecular weight is 294 g/mol. The lowest BCUT2D eigenvalue weighted by Crippen LogP contribution is -2.38. The maximum Gasteiger partial charge on any atom is 0.325 e. The topological polar surface area (TPSA) is 82.8 Å². The molecule has 2 heterocycles. The minimum Gasteiger partial charge on any atom is -0.480 e. The number of hydrogen-bond donors (Lipinski definition) is 2. The van der Waals surface area contributed by atoms with E-state index in [1.165, 1.54) is 32.6 Å². The van der Waals surface area contributed by atoms with E-state index >= 15 is 0 Å². The van der Waals surface area contributed by atoms with Gasteiger partial charge in [-0.3, -0.25) is 14.5 Å². The summed E-state index contributed by atoms with van der Waals surface area (Å²) in [5.74, 6) is -0.662. The monoisotopic (exact) mass is 294 g/mol. The largest absolute Gasteiger partial charge is 0.480 e. The van der Waals surface area contributed by atoms with Crippen molar-refractivity contribution >= 4 is 11.9 Å². The van der Waals surface area contributed by atoms with Crippen molar-refractivity contribution in [2.45, 2.75) is 45.2 Å². The van der Waals surface area contributed by atoms with Gasteiger partial charge in [-0.1, -0.05) is 12.8 Å². The Kier molecular flexibility index (Phi) is 5.38. The van der Waals surface area contributed by atoms with Gasteiger partial charge in [-0.25, -0.2) is 0 Å². The summed E-state index contributed by atoms with van der Waals surface area (Å²) < 4.78 is 5.52. The fraction of sp³-hybridized carbons (Fsp3) is 0.600. The van der Waals surface area contributed by atoms with Gasteiger partial charge in [0.25, 0.3) is 5.91 Å². The third-order valence-corrected chi connectivity index (χ3v) is 3.68. The molecule has 1 saturated heterocycles. The van der Waals surface area contributed by atoms with Gasteiger partial charge in [-0.05, 0) is 45.0 Å². The molecule has 0 radical (unpaired) electrons. The first-order chi connectivity index (χ1) is 10.1. The molecule has 1 fully saturated rings. The third-order valence-electron chi connectivity index (χ3n) is 3.68. The molecule has 6 nitrogen and oxygen atoms in total. The SMILES string of the molecule is CC(NC(=O)c1ccc(CN2CCCCCC2)o1)C(=O)O. The lowest BCUT2D eigenvalue weighted by molar-refractivity contribution is -0.138. The quantitative estimate of drug-likeness (QED) is 0.866. The van der Waals surface area contributed by atoms with Gasteiger partial charge in [0.2, 0.25) is 0 Å². The molecule has 0 saturated carbocycles. The zero-order valence-electron chi connectivity index (χ0n) is 12.3. The minimum atomic E-state index is -1.07. The molecular weight excluding hydrogens is 272 g/mol. The fourth-order valence-corrected chi connectivity index (χ4v) is 2.43. The zero-order chi connectivity index (χ0) is 15.2. The Morgan fingerprint density at radius 3 is 2.57 bits per heavy atom. The van der Waals surface area contributed by atoms with Crippen LogP contribution in [-0.4, -0.2) is 41.0 Å². The van der Waals surface area contributed by atoms with E-state index in [4.69, 9.17) is 9.52 Å². The van der Waals surface area contributed by atoms with Gasteiger partial charge < -0.3 is 14.8 Å². The summed E-state index contributed by atoms with van der Waals surface area (Å²) >= 11 is 0. The number of nitrogens with zero attached hydrogens (tertiary/aromatic N) is 1. The Bertz CT molecular complexity index is 490. The highest BCUT2D eigenvalue weighted by atomic mass is 16.4. The van der Waals surface area contributed by atoms with Crippen molar-refractivity contribution < 1.29 is 19.1 Å². The van der Waals surface area contributed by atoms with Gasteiger partial charge in [-0.2, -0.15) is 0 Å². The first-order valence-corrected chi connectivity index (χ1v) is 7.41. The molecule has 0 aromatic carbocycles.